The molecule has 4 aromatic rings. The van der Waals surface area contributed by atoms with Crippen molar-refractivity contribution >= 4 is 28.0 Å². The van der Waals surface area contributed by atoms with E-state index in [-0.39, 0.29) is 0 Å². The number of nitrogens with two attached hydrogens (primary N) is 2. The first-order valence-electron chi connectivity index (χ1n) is 10.4. The number of nitrogen functional groups attached to an aromatic ring is 2. The Kier molecular flexibility index (Phi) is 4.54. The van der Waals surface area contributed by atoms with Gasteiger partial charge in [0.2, 0.25) is 0 Å². The molecule has 2 aromatic heterocycles. The van der Waals surface area contributed by atoms with Crippen LogP contribution in [0.4, 0.5) is 17.1 Å². The Morgan fingerprint density at radius 2 is 1.73 bits per heavy atom. The second-order valence-corrected chi connectivity index (χ2v) is 7.95. The summed E-state index contributed by atoms with van der Waals surface area (Å²) in [6.07, 6.45) is 7.53. The molecule has 6 heteroatoms. The quantitative estimate of drug-likeness (QED) is 0.498. The topological polar surface area (TPSA) is 86.0 Å². The van der Waals surface area contributed by atoms with Gasteiger partial charge in [-0.1, -0.05) is 18.2 Å². The lowest BCUT2D eigenvalue weighted by atomic mass is 10.0. The van der Waals surface area contributed by atoms with Crippen LogP contribution in [0.25, 0.3) is 33.5 Å². The maximum absolute atomic E-state index is 6.62. The molecule has 1 saturated heterocycles. The molecule has 152 valence electrons. The summed E-state index contributed by atoms with van der Waals surface area (Å²) < 4.78 is 2.12. The lowest BCUT2D eigenvalue weighted by molar-refractivity contribution is 0.578. The number of aryl methyl sites for hydroxylation is 1. The summed E-state index contributed by atoms with van der Waals surface area (Å²) in [5, 5.41) is 1.16. The molecular formula is C24H26N6. The summed E-state index contributed by atoms with van der Waals surface area (Å²) in [5.41, 5.74) is 19.1. The van der Waals surface area contributed by atoms with Gasteiger partial charge in [-0.3, -0.25) is 0 Å². The Hall–Kier alpha value is -3.54. The van der Waals surface area contributed by atoms with Gasteiger partial charge in [0, 0.05) is 54.7 Å². The molecule has 1 fully saturated rings. The molecule has 0 spiro atoms. The molecule has 0 radical (unpaired) electrons. The second-order valence-electron chi connectivity index (χ2n) is 7.95. The maximum atomic E-state index is 6.62. The lowest BCUT2D eigenvalue weighted by Crippen LogP contribution is -2.30. The Labute approximate surface area is 176 Å². The lowest BCUT2D eigenvalue weighted by Gasteiger charge is -2.30. The molecule has 2 aromatic carbocycles. The molecule has 0 amide bonds. The second kappa shape index (κ2) is 7.37. The number of hydrogen-bond acceptors (Lipinski definition) is 5. The van der Waals surface area contributed by atoms with E-state index in [0.29, 0.717) is 17.2 Å². The number of fused-ring (bicyclic) bond motifs is 1. The molecule has 0 atom stereocenters. The summed E-state index contributed by atoms with van der Waals surface area (Å²) in [7, 11) is 2.05. The molecule has 1 aliphatic rings. The standard InChI is InChI=1S/C24H26N6/c1-29-15-17(16-7-3-4-8-20(16)29)19-11-12-27-24(28-19)22-18(25)9-10-21(23(22)26)30-13-5-2-6-14-30/h3-4,7-12,15H,2,5-6,13-14,25-26H2,1H3. The number of piperidine rings is 1. The van der Waals surface area contributed by atoms with Crippen molar-refractivity contribution < 1.29 is 0 Å². The number of nitrogens with zero attached hydrogens (tertiary/aromatic N) is 4. The van der Waals surface area contributed by atoms with Gasteiger partial charge in [0.05, 0.1) is 22.6 Å². The summed E-state index contributed by atoms with van der Waals surface area (Å²) in [4.78, 5) is 11.8. The summed E-state index contributed by atoms with van der Waals surface area (Å²) in [5.74, 6) is 0.564. The fraction of sp³-hybridized carbons (Fsp3) is 0.250. The van der Waals surface area contributed by atoms with Crippen molar-refractivity contribution in [3.63, 3.8) is 0 Å². The predicted molar refractivity (Wildman–Crippen MR) is 124 cm³/mol. The minimum Gasteiger partial charge on any atom is -0.398 e. The van der Waals surface area contributed by atoms with Gasteiger partial charge in [-0.15, -0.1) is 0 Å². The number of anilines is 3. The van der Waals surface area contributed by atoms with Crippen LogP contribution >= 0.6 is 0 Å². The number of hydrogen-bond donors (Lipinski definition) is 2. The smallest absolute Gasteiger partial charge is 0.164 e. The summed E-state index contributed by atoms with van der Waals surface area (Å²) in [6, 6.07) is 14.2. The van der Waals surface area contributed by atoms with E-state index in [4.69, 9.17) is 16.5 Å². The van der Waals surface area contributed by atoms with Gasteiger partial charge >= 0.3 is 0 Å². The highest BCUT2D eigenvalue weighted by atomic mass is 15.1. The van der Waals surface area contributed by atoms with E-state index < -0.39 is 0 Å². The highest BCUT2D eigenvalue weighted by molar-refractivity contribution is 5.96. The molecule has 3 heterocycles. The first-order chi connectivity index (χ1) is 14.6. The zero-order valence-corrected chi connectivity index (χ0v) is 17.2. The average molecular weight is 399 g/mol. The van der Waals surface area contributed by atoms with Crippen molar-refractivity contribution in [3.05, 3.63) is 54.9 Å². The van der Waals surface area contributed by atoms with Gasteiger partial charge in [-0.2, -0.15) is 0 Å². The van der Waals surface area contributed by atoms with Crippen LogP contribution in [0.15, 0.2) is 54.9 Å². The first-order valence-corrected chi connectivity index (χ1v) is 10.4. The average Bonchev–Trinajstić information content (AvgIpc) is 3.12. The molecule has 4 N–H and O–H groups in total. The van der Waals surface area contributed by atoms with Crippen molar-refractivity contribution in [2.24, 2.45) is 7.05 Å². The molecule has 1 aliphatic heterocycles. The van der Waals surface area contributed by atoms with Crippen LogP contribution in [-0.4, -0.2) is 27.6 Å². The van der Waals surface area contributed by atoms with Gasteiger partial charge in [-0.05, 0) is 43.5 Å². The van der Waals surface area contributed by atoms with Gasteiger partial charge in [-0.25, -0.2) is 9.97 Å². The third kappa shape index (κ3) is 3.05. The van der Waals surface area contributed by atoms with Gasteiger partial charge in [0.15, 0.2) is 5.82 Å². The molecule has 0 bridgehead atoms. The minimum absolute atomic E-state index is 0.564. The van der Waals surface area contributed by atoms with Crippen molar-refractivity contribution in [1.82, 2.24) is 14.5 Å². The van der Waals surface area contributed by atoms with Crippen LogP contribution in [0.3, 0.4) is 0 Å². The monoisotopic (exact) mass is 398 g/mol. The SMILES string of the molecule is Cn1cc(-c2ccnc(-c3c(N)ccc(N4CCCCC4)c3N)n2)c2ccccc21. The van der Waals surface area contributed by atoms with E-state index in [2.05, 4.69) is 32.8 Å². The fourth-order valence-electron chi connectivity index (χ4n) is 4.46. The summed E-state index contributed by atoms with van der Waals surface area (Å²) in [6.45, 7) is 2.04. The molecule has 0 saturated carbocycles. The Morgan fingerprint density at radius 1 is 0.933 bits per heavy atom. The number of para-hydroxylation sites is 1. The van der Waals surface area contributed by atoms with Gasteiger partial charge < -0.3 is 20.9 Å². The van der Waals surface area contributed by atoms with E-state index in [9.17, 15) is 0 Å². The van der Waals surface area contributed by atoms with Crippen molar-refractivity contribution in [3.8, 4) is 22.6 Å². The van der Waals surface area contributed by atoms with Crippen LogP contribution in [0, 0.1) is 0 Å². The van der Waals surface area contributed by atoms with Crippen LogP contribution in [0.2, 0.25) is 0 Å². The number of aromatic nitrogens is 3. The summed E-state index contributed by atoms with van der Waals surface area (Å²) >= 11 is 0. The number of benzene rings is 2. The maximum Gasteiger partial charge on any atom is 0.164 e. The van der Waals surface area contributed by atoms with Crippen molar-refractivity contribution in [2.45, 2.75) is 19.3 Å². The molecular weight excluding hydrogens is 372 g/mol. The van der Waals surface area contributed by atoms with Crippen LogP contribution < -0.4 is 16.4 Å². The number of rotatable bonds is 3. The Bertz CT molecular complexity index is 1220. The molecule has 0 aliphatic carbocycles. The predicted octanol–water partition coefficient (Wildman–Crippen LogP) is 4.46. The highest BCUT2D eigenvalue weighted by Gasteiger charge is 2.20. The van der Waals surface area contributed by atoms with Crippen molar-refractivity contribution in [2.75, 3.05) is 29.5 Å². The van der Waals surface area contributed by atoms with E-state index in [1.54, 1.807) is 6.20 Å². The van der Waals surface area contributed by atoms with E-state index in [1.807, 2.05) is 37.4 Å². The van der Waals surface area contributed by atoms with Gasteiger partial charge in [0.1, 0.15) is 0 Å². The zero-order chi connectivity index (χ0) is 20.7. The van der Waals surface area contributed by atoms with Crippen LogP contribution in [0.5, 0.6) is 0 Å². The highest BCUT2D eigenvalue weighted by Crippen LogP contribution is 2.39. The largest absolute Gasteiger partial charge is 0.398 e. The first kappa shape index (κ1) is 18.5. The van der Waals surface area contributed by atoms with Gasteiger partial charge in [0.25, 0.3) is 0 Å². The van der Waals surface area contributed by atoms with Crippen molar-refractivity contribution in [1.29, 1.82) is 0 Å². The van der Waals surface area contributed by atoms with Crippen LogP contribution in [0.1, 0.15) is 19.3 Å². The Balaban J connectivity index is 1.62. The minimum atomic E-state index is 0.564. The fourth-order valence-corrected chi connectivity index (χ4v) is 4.46. The third-order valence-electron chi connectivity index (χ3n) is 6.00. The normalized spacial score (nSPS) is 14.4. The van der Waals surface area contributed by atoms with E-state index >= 15 is 0 Å². The molecule has 0 unspecified atom stereocenters. The van der Waals surface area contributed by atoms with E-state index in [1.165, 1.54) is 24.8 Å². The zero-order valence-electron chi connectivity index (χ0n) is 17.2. The third-order valence-corrected chi connectivity index (χ3v) is 6.00. The van der Waals surface area contributed by atoms with E-state index in [0.717, 1.165) is 41.0 Å². The van der Waals surface area contributed by atoms with Crippen LogP contribution in [-0.2, 0) is 7.05 Å². The molecule has 6 nitrogen and oxygen atoms in total. The molecule has 30 heavy (non-hydrogen) atoms. The molecule has 5 rings (SSSR count). The Morgan fingerprint density at radius 3 is 2.57 bits per heavy atom.